The van der Waals surface area contributed by atoms with E-state index in [1.165, 1.54) is 0 Å². The van der Waals surface area contributed by atoms with E-state index < -0.39 is 12.0 Å². The molecule has 16 heavy (non-hydrogen) atoms. The van der Waals surface area contributed by atoms with Crippen LogP contribution in [0.15, 0.2) is 36.4 Å². The first-order chi connectivity index (χ1) is 7.59. The minimum Gasteiger partial charge on any atom is -0.480 e. The maximum absolute atomic E-state index is 11.2. The van der Waals surface area contributed by atoms with Crippen molar-refractivity contribution in [3.8, 4) is 0 Å². The first kappa shape index (κ1) is 10.7. The summed E-state index contributed by atoms with van der Waals surface area (Å²) in [4.78, 5) is 13.1. The fourth-order valence-electron chi connectivity index (χ4n) is 2.16. The second kappa shape index (κ2) is 4.00. The zero-order valence-electron chi connectivity index (χ0n) is 9.31. The highest BCUT2D eigenvalue weighted by Crippen LogP contribution is 2.32. The van der Waals surface area contributed by atoms with Gasteiger partial charge in [-0.1, -0.05) is 30.4 Å². The van der Waals surface area contributed by atoms with Gasteiger partial charge in [-0.3, -0.25) is 0 Å². The lowest BCUT2D eigenvalue weighted by Gasteiger charge is -2.24. The standard InChI is InChI=1S/C13H15NO2/c1-9(2)8-14-11-6-4-3-5-10(11)7-12(14)13(15)16/h3-6,12H,1,7-8H2,2H3,(H,15,16). The first-order valence-electron chi connectivity index (χ1n) is 5.31. The smallest absolute Gasteiger partial charge is 0.326 e. The van der Waals surface area contributed by atoms with Gasteiger partial charge in [0.25, 0.3) is 0 Å². The fourth-order valence-corrected chi connectivity index (χ4v) is 2.16. The maximum Gasteiger partial charge on any atom is 0.326 e. The molecule has 1 unspecified atom stereocenters. The van der Waals surface area contributed by atoms with Gasteiger partial charge in [0.1, 0.15) is 6.04 Å². The Kier molecular flexibility index (Phi) is 2.69. The van der Waals surface area contributed by atoms with Gasteiger partial charge in [0, 0.05) is 18.7 Å². The summed E-state index contributed by atoms with van der Waals surface area (Å²) in [6.07, 6.45) is 0.582. The van der Waals surface area contributed by atoms with Crippen molar-refractivity contribution < 1.29 is 9.90 Å². The Morgan fingerprint density at radius 1 is 1.56 bits per heavy atom. The number of benzene rings is 1. The van der Waals surface area contributed by atoms with Gasteiger partial charge in [0.2, 0.25) is 0 Å². The van der Waals surface area contributed by atoms with Crippen LogP contribution in [0.1, 0.15) is 12.5 Å². The van der Waals surface area contributed by atoms with E-state index in [0.29, 0.717) is 13.0 Å². The highest BCUT2D eigenvalue weighted by atomic mass is 16.4. The van der Waals surface area contributed by atoms with E-state index in [1.807, 2.05) is 36.1 Å². The molecule has 84 valence electrons. The molecule has 0 aromatic heterocycles. The van der Waals surface area contributed by atoms with Crippen molar-refractivity contribution in [2.24, 2.45) is 0 Å². The summed E-state index contributed by atoms with van der Waals surface area (Å²) in [5, 5.41) is 9.20. The summed E-state index contributed by atoms with van der Waals surface area (Å²) in [7, 11) is 0. The Bertz CT molecular complexity index is 439. The SMILES string of the molecule is C=C(C)CN1c2ccccc2CC1C(=O)O. The molecule has 0 bridgehead atoms. The summed E-state index contributed by atoms with van der Waals surface area (Å²) >= 11 is 0. The van der Waals surface area contributed by atoms with E-state index in [0.717, 1.165) is 16.8 Å². The molecule has 1 N–H and O–H groups in total. The van der Waals surface area contributed by atoms with Gasteiger partial charge >= 0.3 is 5.97 Å². The highest BCUT2D eigenvalue weighted by molar-refractivity contribution is 5.82. The van der Waals surface area contributed by atoms with Crippen molar-refractivity contribution in [2.45, 2.75) is 19.4 Å². The predicted molar refractivity (Wildman–Crippen MR) is 63.7 cm³/mol. The van der Waals surface area contributed by atoms with Crippen LogP contribution in [0, 0.1) is 0 Å². The second-order valence-corrected chi connectivity index (χ2v) is 4.27. The van der Waals surface area contributed by atoms with E-state index >= 15 is 0 Å². The van der Waals surface area contributed by atoms with Crippen LogP contribution < -0.4 is 4.90 Å². The van der Waals surface area contributed by atoms with E-state index in [9.17, 15) is 9.90 Å². The molecule has 2 rings (SSSR count). The number of carboxylic acid groups (broad SMARTS) is 1. The number of rotatable bonds is 3. The minimum absolute atomic E-state index is 0.450. The molecule has 0 amide bonds. The molecule has 0 radical (unpaired) electrons. The van der Waals surface area contributed by atoms with Gasteiger partial charge in [0.05, 0.1) is 0 Å². The second-order valence-electron chi connectivity index (χ2n) is 4.27. The van der Waals surface area contributed by atoms with Crippen LogP contribution in [0.25, 0.3) is 0 Å². The van der Waals surface area contributed by atoms with Crippen molar-refractivity contribution >= 4 is 11.7 Å². The zero-order chi connectivity index (χ0) is 11.7. The number of fused-ring (bicyclic) bond motifs is 1. The van der Waals surface area contributed by atoms with Gasteiger partial charge in [-0.05, 0) is 18.6 Å². The van der Waals surface area contributed by atoms with E-state index in [-0.39, 0.29) is 0 Å². The van der Waals surface area contributed by atoms with E-state index in [1.54, 1.807) is 0 Å². The van der Waals surface area contributed by atoms with Crippen LogP contribution in [-0.2, 0) is 11.2 Å². The summed E-state index contributed by atoms with van der Waals surface area (Å²) in [5.41, 5.74) is 3.11. The Balaban J connectivity index is 2.35. The number of nitrogens with zero attached hydrogens (tertiary/aromatic N) is 1. The Hall–Kier alpha value is -1.77. The summed E-state index contributed by atoms with van der Waals surface area (Å²) in [5.74, 6) is -0.766. The Morgan fingerprint density at radius 2 is 2.25 bits per heavy atom. The molecule has 1 aromatic carbocycles. The molecule has 0 aliphatic carbocycles. The predicted octanol–water partition coefficient (Wildman–Crippen LogP) is 2.08. The third-order valence-electron chi connectivity index (χ3n) is 2.82. The van der Waals surface area contributed by atoms with Crippen LogP contribution in [0.3, 0.4) is 0 Å². The van der Waals surface area contributed by atoms with Crippen molar-refractivity contribution in [1.82, 2.24) is 0 Å². The van der Waals surface area contributed by atoms with Crippen molar-refractivity contribution in [2.75, 3.05) is 11.4 Å². The third-order valence-corrected chi connectivity index (χ3v) is 2.82. The summed E-state index contributed by atoms with van der Waals surface area (Å²) in [6, 6.07) is 7.40. The third kappa shape index (κ3) is 1.81. The largest absolute Gasteiger partial charge is 0.480 e. The van der Waals surface area contributed by atoms with Crippen molar-refractivity contribution in [3.63, 3.8) is 0 Å². The average Bonchev–Trinajstić information content (AvgIpc) is 2.57. The maximum atomic E-state index is 11.2. The molecule has 1 heterocycles. The number of hydrogen-bond donors (Lipinski definition) is 1. The highest BCUT2D eigenvalue weighted by Gasteiger charge is 2.33. The molecule has 1 aliphatic rings. The molecular weight excluding hydrogens is 202 g/mol. The van der Waals surface area contributed by atoms with Crippen LogP contribution >= 0.6 is 0 Å². The van der Waals surface area contributed by atoms with Gasteiger partial charge in [-0.15, -0.1) is 0 Å². The molecule has 1 aliphatic heterocycles. The fraction of sp³-hybridized carbons (Fsp3) is 0.308. The lowest BCUT2D eigenvalue weighted by molar-refractivity contribution is -0.138. The molecule has 0 spiro atoms. The Morgan fingerprint density at radius 3 is 2.88 bits per heavy atom. The molecule has 0 saturated heterocycles. The molecular formula is C13H15NO2. The topological polar surface area (TPSA) is 40.5 Å². The zero-order valence-corrected chi connectivity index (χ0v) is 9.31. The monoisotopic (exact) mass is 217 g/mol. The molecule has 1 atom stereocenters. The normalized spacial score (nSPS) is 18.3. The minimum atomic E-state index is -0.766. The number of carbonyl (C=O) groups is 1. The van der Waals surface area contributed by atoms with Gasteiger partial charge < -0.3 is 10.0 Å². The quantitative estimate of drug-likeness (QED) is 0.788. The van der Waals surface area contributed by atoms with Crippen LogP contribution in [0.5, 0.6) is 0 Å². The molecule has 0 saturated carbocycles. The lowest BCUT2D eigenvalue weighted by Crippen LogP contribution is -2.39. The average molecular weight is 217 g/mol. The van der Waals surface area contributed by atoms with E-state index in [2.05, 4.69) is 6.58 Å². The summed E-state index contributed by atoms with van der Waals surface area (Å²) < 4.78 is 0. The number of carboxylic acids is 1. The Labute approximate surface area is 95.0 Å². The summed E-state index contributed by atoms with van der Waals surface area (Å²) in [6.45, 7) is 6.37. The molecule has 0 fully saturated rings. The van der Waals surface area contributed by atoms with Gasteiger partial charge in [0.15, 0.2) is 0 Å². The van der Waals surface area contributed by atoms with E-state index in [4.69, 9.17) is 0 Å². The number of hydrogen-bond acceptors (Lipinski definition) is 2. The first-order valence-corrected chi connectivity index (χ1v) is 5.31. The molecule has 1 aromatic rings. The van der Waals surface area contributed by atoms with Gasteiger partial charge in [-0.2, -0.15) is 0 Å². The van der Waals surface area contributed by atoms with Crippen molar-refractivity contribution in [1.29, 1.82) is 0 Å². The van der Waals surface area contributed by atoms with Crippen molar-refractivity contribution in [3.05, 3.63) is 42.0 Å². The van der Waals surface area contributed by atoms with Gasteiger partial charge in [-0.25, -0.2) is 4.79 Å². The number of anilines is 1. The number of aliphatic carboxylic acids is 1. The van der Waals surface area contributed by atoms with Crippen LogP contribution in [0.4, 0.5) is 5.69 Å². The lowest BCUT2D eigenvalue weighted by atomic mass is 10.1. The van der Waals surface area contributed by atoms with Crippen LogP contribution in [0.2, 0.25) is 0 Å². The molecule has 3 heteroatoms. The number of para-hydroxylation sites is 1. The van der Waals surface area contributed by atoms with Crippen LogP contribution in [-0.4, -0.2) is 23.7 Å². The molecule has 3 nitrogen and oxygen atoms in total.